The molecule has 0 spiro atoms. The molecule has 0 unspecified atom stereocenters. The summed E-state index contributed by atoms with van der Waals surface area (Å²) in [5.74, 6) is 0. The molecule has 36 heavy (non-hydrogen) atoms. The first-order valence-electron chi connectivity index (χ1n) is 11.8. The van der Waals surface area contributed by atoms with Crippen LogP contribution in [0.5, 0.6) is 0 Å². The Balaban J connectivity index is 1.96. The van der Waals surface area contributed by atoms with E-state index in [0.717, 1.165) is 21.5 Å². The SMILES string of the molecule is O=S(=O)(OP(Cc1ccccc1)(c1ccccc1)(c1ccccc1)c1ccccc1)c1ccccc1. The van der Waals surface area contributed by atoms with Crippen LogP contribution in [0.4, 0.5) is 0 Å². The van der Waals surface area contributed by atoms with Crippen molar-refractivity contribution in [1.29, 1.82) is 0 Å². The van der Waals surface area contributed by atoms with Gasteiger partial charge in [-0.05, 0) is 0 Å². The molecule has 3 nitrogen and oxygen atoms in total. The van der Waals surface area contributed by atoms with Crippen LogP contribution < -0.4 is 15.9 Å². The van der Waals surface area contributed by atoms with Gasteiger partial charge in [0.05, 0.1) is 0 Å². The summed E-state index contributed by atoms with van der Waals surface area (Å²) in [5, 5.41) is 2.55. The summed E-state index contributed by atoms with van der Waals surface area (Å²) in [7, 11) is -4.18. The van der Waals surface area contributed by atoms with E-state index in [4.69, 9.17) is 3.97 Å². The third kappa shape index (κ3) is 4.18. The van der Waals surface area contributed by atoms with Crippen LogP contribution in [0.1, 0.15) is 5.56 Å². The summed E-state index contributed by atoms with van der Waals surface area (Å²) in [4.78, 5) is 0.134. The van der Waals surface area contributed by atoms with Crippen molar-refractivity contribution < 1.29 is 12.4 Å². The topological polar surface area (TPSA) is 43.4 Å². The number of benzene rings is 5. The quantitative estimate of drug-likeness (QED) is 0.239. The van der Waals surface area contributed by atoms with E-state index in [1.54, 1.807) is 30.3 Å². The van der Waals surface area contributed by atoms with Crippen molar-refractivity contribution in [3.8, 4) is 0 Å². The minimum absolute atomic E-state index is 0.134. The predicted molar refractivity (Wildman–Crippen MR) is 150 cm³/mol. The van der Waals surface area contributed by atoms with Crippen LogP contribution in [0.15, 0.2) is 157 Å². The Bertz CT molecular complexity index is 1430. The van der Waals surface area contributed by atoms with Gasteiger partial charge in [0.2, 0.25) is 0 Å². The van der Waals surface area contributed by atoms with Crippen molar-refractivity contribution in [2.24, 2.45) is 0 Å². The molecule has 180 valence electrons. The van der Waals surface area contributed by atoms with Crippen molar-refractivity contribution in [2.45, 2.75) is 11.1 Å². The standard InChI is InChI=1S/C31H27O3PS/c32-36(33,31-24-14-5-15-25-31)34-35(28-18-8-2-9-19-28,29-20-10-3-11-21-29,30-22-12-4-13-23-30)26-27-16-6-1-7-17-27/h1-25H,26H2. The van der Waals surface area contributed by atoms with Crippen molar-refractivity contribution in [3.63, 3.8) is 0 Å². The van der Waals surface area contributed by atoms with E-state index >= 15 is 0 Å². The second-order valence-corrected chi connectivity index (χ2v) is 15.0. The van der Waals surface area contributed by atoms with Gasteiger partial charge in [0.15, 0.2) is 0 Å². The van der Waals surface area contributed by atoms with Crippen LogP contribution >= 0.6 is 6.83 Å². The minimum atomic E-state index is -4.18. The van der Waals surface area contributed by atoms with E-state index in [0.29, 0.717) is 6.16 Å². The molecule has 0 bridgehead atoms. The molecule has 0 aromatic heterocycles. The molecule has 0 aliphatic heterocycles. The fourth-order valence-corrected chi connectivity index (χ4v) is 13.5. The molecule has 0 atom stereocenters. The zero-order valence-corrected chi connectivity index (χ0v) is 21.4. The molecule has 0 N–H and O–H groups in total. The summed E-state index contributed by atoms with van der Waals surface area (Å²) in [5.41, 5.74) is 0.995. The van der Waals surface area contributed by atoms with Gasteiger partial charge in [-0.1, -0.05) is 0 Å². The Kier molecular flexibility index (Phi) is 6.59. The number of hydrogen-bond acceptors (Lipinski definition) is 3. The summed E-state index contributed by atoms with van der Waals surface area (Å²) < 4.78 is 35.2. The van der Waals surface area contributed by atoms with Gasteiger partial charge in [-0.25, -0.2) is 0 Å². The van der Waals surface area contributed by atoms with Gasteiger partial charge in [0, 0.05) is 0 Å². The van der Waals surface area contributed by atoms with Gasteiger partial charge < -0.3 is 0 Å². The van der Waals surface area contributed by atoms with Gasteiger partial charge in [0.25, 0.3) is 0 Å². The third-order valence-corrected chi connectivity index (χ3v) is 14.6. The molecule has 0 aliphatic carbocycles. The van der Waals surface area contributed by atoms with Crippen molar-refractivity contribution in [3.05, 3.63) is 157 Å². The zero-order chi connectivity index (χ0) is 24.9. The van der Waals surface area contributed by atoms with Gasteiger partial charge in [-0.15, -0.1) is 0 Å². The van der Waals surface area contributed by atoms with Crippen LogP contribution in [0.3, 0.4) is 0 Å². The molecule has 0 saturated heterocycles. The first kappa shape index (κ1) is 24.1. The first-order chi connectivity index (χ1) is 17.5. The maximum absolute atomic E-state index is 14.2. The van der Waals surface area contributed by atoms with E-state index in [9.17, 15) is 8.42 Å². The summed E-state index contributed by atoms with van der Waals surface area (Å²) in [6.45, 7) is -4.15. The Morgan fingerprint density at radius 2 is 0.806 bits per heavy atom. The summed E-state index contributed by atoms with van der Waals surface area (Å²) in [6.07, 6.45) is 0.385. The predicted octanol–water partition coefficient (Wildman–Crippen LogP) is 6.04. The molecule has 0 fully saturated rings. The maximum atomic E-state index is 14.2. The monoisotopic (exact) mass is 510 g/mol. The van der Waals surface area contributed by atoms with E-state index < -0.39 is 16.9 Å². The molecule has 0 aliphatic rings. The molecule has 5 aromatic carbocycles. The number of rotatable bonds is 8. The van der Waals surface area contributed by atoms with Crippen LogP contribution in [0, 0.1) is 0 Å². The second kappa shape index (κ2) is 9.83. The van der Waals surface area contributed by atoms with Crippen LogP contribution in [-0.2, 0) is 20.3 Å². The Hall–Kier alpha value is -3.56. The average Bonchev–Trinajstić information content (AvgIpc) is 2.95. The Morgan fingerprint density at radius 1 is 0.472 bits per heavy atom. The first-order valence-corrected chi connectivity index (χ1v) is 15.5. The van der Waals surface area contributed by atoms with Crippen LogP contribution in [-0.4, -0.2) is 8.42 Å². The van der Waals surface area contributed by atoms with Crippen LogP contribution in [0.2, 0.25) is 0 Å². The molecule has 5 rings (SSSR count). The van der Waals surface area contributed by atoms with Crippen molar-refractivity contribution in [1.82, 2.24) is 0 Å². The molecule has 0 saturated carbocycles. The van der Waals surface area contributed by atoms with E-state index in [1.165, 1.54) is 0 Å². The molecule has 5 heteroatoms. The molecule has 5 aromatic rings. The van der Waals surface area contributed by atoms with Gasteiger partial charge in [0.1, 0.15) is 0 Å². The van der Waals surface area contributed by atoms with Crippen molar-refractivity contribution >= 4 is 32.9 Å². The zero-order valence-electron chi connectivity index (χ0n) is 19.7. The second-order valence-electron chi connectivity index (χ2n) is 8.70. The Morgan fingerprint density at radius 3 is 1.19 bits per heavy atom. The van der Waals surface area contributed by atoms with Gasteiger partial charge >= 0.3 is 214 Å². The normalized spacial score (nSPS) is 12.9. The fraction of sp³-hybridized carbons (Fsp3) is 0.0323. The van der Waals surface area contributed by atoms with Gasteiger partial charge in [-0.2, -0.15) is 0 Å². The summed E-state index contributed by atoms with van der Waals surface area (Å²) >= 11 is 0. The van der Waals surface area contributed by atoms with Gasteiger partial charge in [-0.3, -0.25) is 0 Å². The van der Waals surface area contributed by atoms with E-state index in [-0.39, 0.29) is 4.90 Å². The van der Waals surface area contributed by atoms with E-state index in [1.807, 2.05) is 121 Å². The molecule has 0 heterocycles. The average molecular weight is 511 g/mol. The number of hydrogen-bond donors (Lipinski definition) is 0. The molecule has 0 radical (unpaired) electrons. The third-order valence-electron chi connectivity index (χ3n) is 6.53. The van der Waals surface area contributed by atoms with E-state index in [2.05, 4.69) is 0 Å². The van der Waals surface area contributed by atoms with Crippen LogP contribution in [0.25, 0.3) is 0 Å². The summed E-state index contributed by atoms with van der Waals surface area (Å²) in [6, 6.07) is 48.0. The molecule has 0 amide bonds. The Labute approximate surface area is 213 Å². The molecular formula is C31H27O3PS. The van der Waals surface area contributed by atoms with Crippen molar-refractivity contribution in [2.75, 3.05) is 0 Å². The molecular weight excluding hydrogens is 483 g/mol. The fourth-order valence-electron chi connectivity index (χ4n) is 4.89.